The number of rotatable bonds is 1. The molecular weight excluding hydrogens is 445 g/mol. The van der Waals surface area contributed by atoms with Crippen molar-refractivity contribution >= 4 is 32.7 Å². The van der Waals surface area contributed by atoms with Crippen LogP contribution in [-0.4, -0.2) is 0 Å². The number of aromatic nitrogens is 1. The molecule has 4 aromatic carbocycles. The van der Waals surface area contributed by atoms with E-state index in [1.807, 2.05) is 18.2 Å². The molecule has 1 aliphatic rings. The fourth-order valence-corrected chi connectivity index (χ4v) is 6.45. The molecule has 0 unspecified atom stereocenters. The molecule has 2 heterocycles. The summed E-state index contributed by atoms with van der Waals surface area (Å²) in [4.78, 5) is 0. The number of fused-ring (bicyclic) bond motifs is 8. The highest BCUT2D eigenvalue weighted by Gasteiger charge is 2.38. The summed E-state index contributed by atoms with van der Waals surface area (Å²) in [7, 11) is 2.10. The monoisotopic (exact) mass is 472 g/mol. The third-order valence-electron chi connectivity index (χ3n) is 8.31. The van der Waals surface area contributed by atoms with Gasteiger partial charge in [0.05, 0.1) is 10.9 Å². The van der Waals surface area contributed by atoms with E-state index in [4.69, 9.17) is 4.42 Å². The molecular formula is C33H27FNO+. The van der Waals surface area contributed by atoms with Crippen LogP contribution in [-0.2, 0) is 12.5 Å². The smallest absolute Gasteiger partial charge is 0.224 e. The van der Waals surface area contributed by atoms with E-state index >= 15 is 0 Å². The Morgan fingerprint density at radius 3 is 2.44 bits per heavy atom. The molecule has 2 nitrogen and oxygen atoms in total. The van der Waals surface area contributed by atoms with Crippen LogP contribution >= 0.6 is 0 Å². The quantitative estimate of drug-likeness (QED) is 0.220. The van der Waals surface area contributed by atoms with Gasteiger partial charge in [0, 0.05) is 22.3 Å². The molecule has 0 saturated heterocycles. The standard InChI is InChI=1S/C33H27FNO/c1-18-16-26-21-8-6-7-9-28(21)36-32(26)29(19(18)2)31-24-12-11-22-25-17-20(34)10-13-27(25)33(3,4)30(22)23(24)14-15-35(31)5/h6-17H,1-5H3/q+1. The Balaban J connectivity index is 1.62. The third kappa shape index (κ3) is 2.63. The van der Waals surface area contributed by atoms with E-state index in [1.54, 1.807) is 12.1 Å². The lowest BCUT2D eigenvalue weighted by Gasteiger charge is -2.23. The molecule has 0 bridgehead atoms. The Hall–Kier alpha value is -3.98. The highest BCUT2D eigenvalue weighted by atomic mass is 19.1. The minimum absolute atomic E-state index is 0.194. The first-order valence-electron chi connectivity index (χ1n) is 12.5. The molecule has 0 radical (unpaired) electrons. The van der Waals surface area contributed by atoms with Gasteiger partial charge in [-0.2, -0.15) is 0 Å². The fraction of sp³-hybridized carbons (Fsp3) is 0.182. The van der Waals surface area contributed by atoms with Gasteiger partial charge < -0.3 is 4.42 Å². The maximum absolute atomic E-state index is 14.3. The molecule has 3 heteroatoms. The predicted octanol–water partition coefficient (Wildman–Crippen LogP) is 8.29. The van der Waals surface area contributed by atoms with Crippen molar-refractivity contribution in [1.82, 2.24) is 0 Å². The van der Waals surface area contributed by atoms with Crippen molar-refractivity contribution in [3.8, 4) is 22.4 Å². The first kappa shape index (κ1) is 21.3. The van der Waals surface area contributed by atoms with Gasteiger partial charge in [-0.1, -0.05) is 44.2 Å². The molecule has 0 amide bonds. The van der Waals surface area contributed by atoms with Crippen molar-refractivity contribution in [1.29, 1.82) is 0 Å². The number of hydrogen-bond acceptors (Lipinski definition) is 1. The molecule has 36 heavy (non-hydrogen) atoms. The van der Waals surface area contributed by atoms with Crippen LogP contribution in [0.2, 0.25) is 0 Å². The molecule has 1 aliphatic carbocycles. The number of aryl methyl sites for hydroxylation is 2. The van der Waals surface area contributed by atoms with Gasteiger partial charge in [0.2, 0.25) is 5.69 Å². The second-order valence-electron chi connectivity index (χ2n) is 10.7. The van der Waals surface area contributed by atoms with Crippen LogP contribution in [0.3, 0.4) is 0 Å². The SMILES string of the molecule is Cc1cc2c(oc3ccccc32)c(-c2c3ccc4c(c3cc[n+]2C)C(C)(C)c2ccc(F)cc2-4)c1C. The Labute approximate surface area is 209 Å². The zero-order valence-electron chi connectivity index (χ0n) is 21.2. The molecule has 6 aromatic rings. The van der Waals surface area contributed by atoms with Crippen molar-refractivity contribution in [2.75, 3.05) is 0 Å². The van der Waals surface area contributed by atoms with Crippen LogP contribution in [0.5, 0.6) is 0 Å². The highest BCUT2D eigenvalue weighted by molar-refractivity contribution is 6.13. The van der Waals surface area contributed by atoms with E-state index in [0.29, 0.717) is 0 Å². The number of hydrogen-bond donors (Lipinski definition) is 0. The van der Waals surface area contributed by atoms with E-state index in [1.165, 1.54) is 33.0 Å². The minimum Gasteiger partial charge on any atom is -0.455 e. The Bertz CT molecular complexity index is 1910. The lowest BCUT2D eigenvalue weighted by Crippen LogP contribution is -2.31. The fourth-order valence-electron chi connectivity index (χ4n) is 6.45. The van der Waals surface area contributed by atoms with Gasteiger partial charge in [0.1, 0.15) is 24.0 Å². The predicted molar refractivity (Wildman–Crippen MR) is 145 cm³/mol. The van der Waals surface area contributed by atoms with Gasteiger partial charge in [-0.05, 0) is 82.9 Å². The van der Waals surface area contributed by atoms with E-state index in [0.717, 1.165) is 44.3 Å². The normalized spacial score (nSPS) is 14.1. The maximum Gasteiger partial charge on any atom is 0.224 e. The Kier molecular flexibility index (Phi) is 4.17. The summed E-state index contributed by atoms with van der Waals surface area (Å²) in [5.41, 5.74) is 10.9. The van der Waals surface area contributed by atoms with Gasteiger partial charge in [-0.15, -0.1) is 0 Å². The third-order valence-corrected chi connectivity index (χ3v) is 8.31. The molecule has 176 valence electrons. The van der Waals surface area contributed by atoms with Crippen LogP contribution in [0.15, 0.2) is 77.3 Å². The van der Waals surface area contributed by atoms with E-state index < -0.39 is 0 Å². The lowest BCUT2D eigenvalue weighted by molar-refractivity contribution is -0.659. The van der Waals surface area contributed by atoms with Crippen molar-refractivity contribution in [3.05, 3.63) is 101 Å². The van der Waals surface area contributed by atoms with Gasteiger partial charge in [0.25, 0.3) is 0 Å². The lowest BCUT2D eigenvalue weighted by atomic mass is 9.80. The number of benzene rings is 4. The van der Waals surface area contributed by atoms with Gasteiger partial charge in [-0.25, -0.2) is 8.96 Å². The summed E-state index contributed by atoms with van der Waals surface area (Å²) in [5.74, 6) is -0.194. The van der Waals surface area contributed by atoms with Crippen molar-refractivity contribution in [3.63, 3.8) is 0 Å². The number of pyridine rings is 1. The van der Waals surface area contributed by atoms with Crippen molar-refractivity contribution in [2.45, 2.75) is 33.1 Å². The molecule has 0 saturated carbocycles. The largest absolute Gasteiger partial charge is 0.455 e. The zero-order chi connectivity index (χ0) is 24.9. The van der Waals surface area contributed by atoms with Crippen LogP contribution in [0, 0.1) is 19.7 Å². The maximum atomic E-state index is 14.3. The summed E-state index contributed by atoms with van der Waals surface area (Å²) in [6.45, 7) is 8.86. The second-order valence-corrected chi connectivity index (χ2v) is 10.7. The van der Waals surface area contributed by atoms with Crippen LogP contribution in [0.1, 0.15) is 36.1 Å². The average molecular weight is 473 g/mol. The van der Waals surface area contributed by atoms with Crippen LogP contribution < -0.4 is 4.57 Å². The first-order valence-corrected chi connectivity index (χ1v) is 12.5. The number of para-hydroxylation sites is 1. The zero-order valence-corrected chi connectivity index (χ0v) is 21.2. The molecule has 0 aliphatic heterocycles. The summed E-state index contributed by atoms with van der Waals surface area (Å²) >= 11 is 0. The van der Waals surface area contributed by atoms with E-state index in [2.05, 4.69) is 81.9 Å². The molecule has 0 N–H and O–H groups in total. The second kappa shape index (κ2) is 7.04. The molecule has 0 fully saturated rings. The van der Waals surface area contributed by atoms with Crippen molar-refractivity contribution < 1.29 is 13.4 Å². The number of halogens is 1. The number of nitrogens with zero attached hydrogens (tertiary/aromatic N) is 1. The summed E-state index contributed by atoms with van der Waals surface area (Å²) < 4.78 is 23.0. The van der Waals surface area contributed by atoms with Gasteiger partial charge in [0.15, 0.2) is 6.20 Å². The molecule has 0 atom stereocenters. The van der Waals surface area contributed by atoms with Crippen LogP contribution in [0.25, 0.3) is 55.1 Å². The topological polar surface area (TPSA) is 17.0 Å². The Morgan fingerprint density at radius 2 is 1.61 bits per heavy atom. The van der Waals surface area contributed by atoms with Crippen molar-refractivity contribution in [2.24, 2.45) is 7.05 Å². The summed E-state index contributed by atoms with van der Waals surface area (Å²) in [5, 5.41) is 4.66. The Morgan fingerprint density at radius 1 is 0.806 bits per heavy atom. The van der Waals surface area contributed by atoms with Gasteiger partial charge in [-0.3, -0.25) is 0 Å². The summed E-state index contributed by atoms with van der Waals surface area (Å²) in [6, 6.07) is 22.3. The van der Waals surface area contributed by atoms with Gasteiger partial charge >= 0.3 is 0 Å². The molecule has 2 aromatic heterocycles. The number of furan rings is 1. The molecule has 7 rings (SSSR count). The van der Waals surface area contributed by atoms with Crippen LogP contribution in [0.4, 0.5) is 4.39 Å². The van der Waals surface area contributed by atoms with E-state index in [-0.39, 0.29) is 11.2 Å². The minimum atomic E-state index is -0.231. The highest BCUT2D eigenvalue weighted by Crippen LogP contribution is 2.52. The van der Waals surface area contributed by atoms with E-state index in [9.17, 15) is 4.39 Å². The average Bonchev–Trinajstić information content (AvgIpc) is 3.32. The first-order chi connectivity index (χ1) is 17.3. The summed E-state index contributed by atoms with van der Waals surface area (Å²) in [6.07, 6.45) is 2.15. The molecule has 0 spiro atoms.